The number of nitrogens with one attached hydrogen (secondary N) is 1. The molecule has 5 nitrogen and oxygen atoms in total. The van der Waals surface area contributed by atoms with Crippen molar-refractivity contribution in [3.05, 3.63) is 0 Å². The summed E-state index contributed by atoms with van der Waals surface area (Å²) >= 11 is 0. The third-order valence-corrected chi connectivity index (χ3v) is 1.45. The summed E-state index contributed by atoms with van der Waals surface area (Å²) in [5.74, 6) is -0.664. The molecule has 0 spiro atoms. The van der Waals surface area contributed by atoms with Crippen molar-refractivity contribution in [3.63, 3.8) is 0 Å². The van der Waals surface area contributed by atoms with Crippen molar-refractivity contribution in [1.29, 1.82) is 5.41 Å². The maximum Gasteiger partial charge on any atom is 0.304 e. The smallest absolute Gasteiger partial charge is 0.304 e. The van der Waals surface area contributed by atoms with Gasteiger partial charge in [0.05, 0.1) is 6.61 Å². The second-order valence-electron chi connectivity index (χ2n) is 2.37. The summed E-state index contributed by atoms with van der Waals surface area (Å²) in [7, 11) is 0. The lowest BCUT2D eigenvalue weighted by molar-refractivity contribution is -0.232. The van der Waals surface area contributed by atoms with Crippen LogP contribution in [-0.2, 0) is 14.3 Å². The first-order chi connectivity index (χ1) is 5.11. The molecule has 0 amide bonds. The molecule has 2 unspecified atom stereocenters. The number of hydrogen-bond acceptors (Lipinski definition) is 4. The second-order valence-corrected chi connectivity index (χ2v) is 2.37. The Kier molecular flexibility index (Phi) is 2.09. The number of esters is 1. The summed E-state index contributed by atoms with van der Waals surface area (Å²) in [6.45, 7) is 1.66. The van der Waals surface area contributed by atoms with Crippen molar-refractivity contribution in [1.82, 2.24) is 0 Å². The maximum atomic E-state index is 10.4. The lowest BCUT2D eigenvalue weighted by atomic mass is 10.1. The standard InChI is InChI=1S/C6H10N2O3/c1-3(9)11-6-4(2-10-6)5(7)8/h4,6H,2H2,1H3,(H3,7,8). The summed E-state index contributed by atoms with van der Waals surface area (Å²) in [6.07, 6.45) is -0.634. The lowest BCUT2D eigenvalue weighted by Crippen LogP contribution is -2.49. The molecule has 1 fully saturated rings. The molecule has 2 atom stereocenters. The molecule has 1 rings (SSSR count). The van der Waals surface area contributed by atoms with Crippen LogP contribution in [0, 0.1) is 11.3 Å². The Bertz CT molecular complexity index is 192. The van der Waals surface area contributed by atoms with Crippen LogP contribution in [0.2, 0.25) is 0 Å². The Balaban J connectivity index is 2.37. The van der Waals surface area contributed by atoms with Gasteiger partial charge in [0.1, 0.15) is 11.8 Å². The summed E-state index contributed by atoms with van der Waals surface area (Å²) in [5.41, 5.74) is 5.18. The molecule has 5 heteroatoms. The molecule has 11 heavy (non-hydrogen) atoms. The van der Waals surface area contributed by atoms with Crippen LogP contribution in [0.5, 0.6) is 0 Å². The molecule has 0 aromatic heterocycles. The average Bonchev–Trinajstić information content (AvgIpc) is 1.78. The zero-order chi connectivity index (χ0) is 8.43. The van der Waals surface area contributed by atoms with Crippen molar-refractivity contribution < 1.29 is 14.3 Å². The third kappa shape index (κ3) is 1.68. The fourth-order valence-corrected chi connectivity index (χ4v) is 0.787. The Morgan fingerprint density at radius 2 is 2.45 bits per heavy atom. The van der Waals surface area contributed by atoms with Gasteiger partial charge >= 0.3 is 5.97 Å². The molecule has 62 valence electrons. The highest BCUT2D eigenvalue weighted by molar-refractivity contribution is 5.81. The topological polar surface area (TPSA) is 85.4 Å². The van der Waals surface area contributed by atoms with Crippen LogP contribution in [-0.4, -0.2) is 24.7 Å². The first-order valence-corrected chi connectivity index (χ1v) is 3.24. The largest absolute Gasteiger partial charge is 0.435 e. The summed E-state index contributed by atoms with van der Waals surface area (Å²) in [6, 6.07) is 0. The maximum absolute atomic E-state index is 10.4. The molecular weight excluding hydrogens is 148 g/mol. The van der Waals surface area contributed by atoms with E-state index in [2.05, 4.69) is 4.74 Å². The zero-order valence-electron chi connectivity index (χ0n) is 6.16. The van der Waals surface area contributed by atoms with E-state index in [1.807, 2.05) is 0 Å². The Hall–Kier alpha value is -1.10. The molecule has 0 radical (unpaired) electrons. The van der Waals surface area contributed by atoms with Gasteiger partial charge in [-0.15, -0.1) is 0 Å². The molecule has 0 bridgehead atoms. The number of ether oxygens (including phenoxy) is 2. The zero-order valence-corrected chi connectivity index (χ0v) is 6.16. The highest BCUT2D eigenvalue weighted by Crippen LogP contribution is 2.20. The summed E-state index contributed by atoms with van der Waals surface area (Å²) < 4.78 is 9.53. The number of rotatable bonds is 2. The van der Waals surface area contributed by atoms with E-state index in [0.717, 1.165) is 0 Å². The number of carbonyl (C=O) groups is 1. The summed E-state index contributed by atoms with van der Waals surface area (Å²) in [5, 5.41) is 7.03. The molecule has 0 aromatic rings. The van der Waals surface area contributed by atoms with E-state index >= 15 is 0 Å². The minimum atomic E-state index is -0.634. The predicted molar refractivity (Wildman–Crippen MR) is 36.9 cm³/mol. The molecule has 3 N–H and O–H groups in total. The first-order valence-electron chi connectivity index (χ1n) is 3.24. The Morgan fingerprint density at radius 1 is 1.82 bits per heavy atom. The first kappa shape index (κ1) is 8.00. The van der Waals surface area contributed by atoms with Gasteiger partial charge in [0.15, 0.2) is 0 Å². The molecular formula is C6H10N2O3. The summed E-state index contributed by atoms with van der Waals surface area (Å²) in [4.78, 5) is 10.4. The van der Waals surface area contributed by atoms with E-state index < -0.39 is 12.3 Å². The van der Waals surface area contributed by atoms with Crippen molar-refractivity contribution in [3.8, 4) is 0 Å². The van der Waals surface area contributed by atoms with Gasteiger partial charge in [-0.3, -0.25) is 10.2 Å². The van der Waals surface area contributed by atoms with Gasteiger partial charge in [-0.05, 0) is 0 Å². The van der Waals surface area contributed by atoms with Crippen LogP contribution in [0.3, 0.4) is 0 Å². The van der Waals surface area contributed by atoms with Gasteiger partial charge < -0.3 is 15.2 Å². The number of hydrogen-bond donors (Lipinski definition) is 2. The molecule has 0 aromatic carbocycles. The molecule has 1 aliphatic heterocycles. The highest BCUT2D eigenvalue weighted by atomic mass is 16.7. The average molecular weight is 158 g/mol. The molecule has 1 heterocycles. The highest BCUT2D eigenvalue weighted by Gasteiger charge is 2.37. The molecule has 1 aliphatic rings. The van der Waals surface area contributed by atoms with Crippen molar-refractivity contribution in [2.75, 3.05) is 6.61 Å². The van der Waals surface area contributed by atoms with Crippen LogP contribution in [0.25, 0.3) is 0 Å². The third-order valence-electron chi connectivity index (χ3n) is 1.45. The van der Waals surface area contributed by atoms with E-state index in [9.17, 15) is 4.79 Å². The quantitative estimate of drug-likeness (QED) is 0.321. The van der Waals surface area contributed by atoms with Crippen LogP contribution in [0.4, 0.5) is 0 Å². The van der Waals surface area contributed by atoms with Gasteiger partial charge in [-0.1, -0.05) is 0 Å². The minimum absolute atomic E-state index is 0.00231. The van der Waals surface area contributed by atoms with Crippen LogP contribution in [0.15, 0.2) is 0 Å². The molecule has 1 saturated heterocycles. The fourth-order valence-electron chi connectivity index (χ4n) is 0.787. The van der Waals surface area contributed by atoms with E-state index in [4.69, 9.17) is 15.9 Å². The number of carbonyl (C=O) groups excluding carboxylic acids is 1. The van der Waals surface area contributed by atoms with E-state index in [0.29, 0.717) is 6.61 Å². The SMILES string of the molecule is CC(=O)OC1OCC1C(=N)N. The van der Waals surface area contributed by atoms with E-state index in [1.54, 1.807) is 0 Å². The fraction of sp³-hybridized carbons (Fsp3) is 0.667. The lowest BCUT2D eigenvalue weighted by Gasteiger charge is -2.34. The van der Waals surface area contributed by atoms with Crippen LogP contribution >= 0.6 is 0 Å². The number of nitrogens with two attached hydrogens (primary N) is 1. The van der Waals surface area contributed by atoms with Gasteiger partial charge in [0, 0.05) is 6.92 Å². The van der Waals surface area contributed by atoms with Gasteiger partial charge in [-0.25, -0.2) is 0 Å². The van der Waals surface area contributed by atoms with Gasteiger partial charge in [0.2, 0.25) is 6.29 Å². The normalized spacial score (nSPS) is 28.8. The minimum Gasteiger partial charge on any atom is -0.435 e. The van der Waals surface area contributed by atoms with Crippen LogP contribution < -0.4 is 5.73 Å². The molecule has 0 saturated carbocycles. The van der Waals surface area contributed by atoms with Crippen molar-refractivity contribution >= 4 is 11.8 Å². The Morgan fingerprint density at radius 3 is 2.73 bits per heavy atom. The monoisotopic (exact) mass is 158 g/mol. The van der Waals surface area contributed by atoms with Gasteiger partial charge in [-0.2, -0.15) is 0 Å². The second kappa shape index (κ2) is 2.87. The van der Waals surface area contributed by atoms with E-state index in [1.165, 1.54) is 6.92 Å². The number of amidine groups is 1. The van der Waals surface area contributed by atoms with E-state index in [-0.39, 0.29) is 11.8 Å². The van der Waals surface area contributed by atoms with Gasteiger partial charge in [0.25, 0.3) is 0 Å². The van der Waals surface area contributed by atoms with Crippen molar-refractivity contribution in [2.24, 2.45) is 11.7 Å². The van der Waals surface area contributed by atoms with Crippen LogP contribution in [0.1, 0.15) is 6.92 Å². The Labute approximate surface area is 64.0 Å². The predicted octanol–water partition coefficient (Wildman–Crippen LogP) is -0.542. The van der Waals surface area contributed by atoms with Crippen molar-refractivity contribution in [2.45, 2.75) is 13.2 Å². The molecule has 0 aliphatic carbocycles.